The van der Waals surface area contributed by atoms with E-state index in [0.29, 0.717) is 29.1 Å². The Morgan fingerprint density at radius 2 is 1.64 bits per heavy atom. The van der Waals surface area contributed by atoms with Gasteiger partial charge in [0.25, 0.3) is 0 Å². The lowest BCUT2D eigenvalue weighted by atomic mass is 10.00. The van der Waals surface area contributed by atoms with E-state index in [-0.39, 0.29) is 10.8 Å². The molecule has 0 fully saturated rings. The van der Waals surface area contributed by atoms with Crippen molar-refractivity contribution in [2.45, 2.75) is 19.6 Å². The summed E-state index contributed by atoms with van der Waals surface area (Å²) in [5.41, 5.74) is 2.22. The lowest BCUT2D eigenvalue weighted by Crippen LogP contribution is -2.12. The Morgan fingerprint density at radius 3 is 2.36 bits per heavy atom. The molecular formula is C24H19FO3. The molecule has 0 bridgehead atoms. The van der Waals surface area contributed by atoms with Crippen molar-refractivity contribution in [3.63, 3.8) is 0 Å². The minimum absolute atomic E-state index is 0.220. The molecule has 0 amide bonds. The van der Waals surface area contributed by atoms with Gasteiger partial charge in [-0.2, -0.15) is 0 Å². The van der Waals surface area contributed by atoms with Crippen LogP contribution < -0.4 is 5.43 Å². The van der Waals surface area contributed by atoms with E-state index in [1.165, 1.54) is 18.2 Å². The number of fused-ring (bicyclic) bond motifs is 1. The van der Waals surface area contributed by atoms with E-state index >= 15 is 0 Å². The third-order valence-electron chi connectivity index (χ3n) is 4.65. The molecule has 1 atom stereocenters. The third-order valence-corrected chi connectivity index (χ3v) is 4.65. The second-order valence-electron chi connectivity index (χ2n) is 6.62. The number of ether oxygens (including phenoxy) is 1. The first kappa shape index (κ1) is 18.1. The molecule has 4 heteroatoms. The Balaban J connectivity index is 1.81. The van der Waals surface area contributed by atoms with Gasteiger partial charge < -0.3 is 9.15 Å². The molecule has 3 nitrogen and oxygen atoms in total. The van der Waals surface area contributed by atoms with Gasteiger partial charge in [0.2, 0.25) is 5.43 Å². The van der Waals surface area contributed by atoms with E-state index in [0.717, 1.165) is 5.56 Å². The van der Waals surface area contributed by atoms with E-state index in [9.17, 15) is 9.18 Å². The van der Waals surface area contributed by atoms with Crippen molar-refractivity contribution in [1.82, 2.24) is 0 Å². The summed E-state index contributed by atoms with van der Waals surface area (Å²) in [5, 5.41) is 0.220. The second kappa shape index (κ2) is 7.79. The highest BCUT2D eigenvalue weighted by Gasteiger charge is 2.21. The topological polar surface area (TPSA) is 39.4 Å². The molecule has 28 heavy (non-hydrogen) atoms. The van der Waals surface area contributed by atoms with Crippen LogP contribution in [0.4, 0.5) is 4.39 Å². The van der Waals surface area contributed by atoms with Crippen LogP contribution >= 0.6 is 0 Å². The zero-order valence-electron chi connectivity index (χ0n) is 15.4. The number of halogens is 1. The van der Waals surface area contributed by atoms with Gasteiger partial charge in [0.15, 0.2) is 0 Å². The zero-order chi connectivity index (χ0) is 19.5. The molecule has 0 saturated heterocycles. The maximum Gasteiger partial charge on any atom is 0.200 e. The van der Waals surface area contributed by atoms with Gasteiger partial charge in [-0.3, -0.25) is 4.79 Å². The summed E-state index contributed by atoms with van der Waals surface area (Å²) in [6.07, 6.45) is -0.461. The fraction of sp³-hybridized carbons (Fsp3) is 0.125. The van der Waals surface area contributed by atoms with Crippen LogP contribution in [-0.4, -0.2) is 0 Å². The number of rotatable bonds is 5. The van der Waals surface area contributed by atoms with Crippen molar-refractivity contribution < 1.29 is 13.5 Å². The van der Waals surface area contributed by atoms with Crippen LogP contribution in [0.25, 0.3) is 22.1 Å². The Morgan fingerprint density at radius 1 is 0.964 bits per heavy atom. The summed E-state index contributed by atoms with van der Waals surface area (Å²) in [6.45, 7) is 2.24. The maximum atomic E-state index is 13.7. The van der Waals surface area contributed by atoms with Crippen molar-refractivity contribution in [1.29, 1.82) is 0 Å². The molecule has 0 unspecified atom stereocenters. The Bertz CT molecular complexity index is 1150. The van der Waals surface area contributed by atoms with Crippen LogP contribution in [0, 0.1) is 5.82 Å². The maximum absolute atomic E-state index is 13.7. The van der Waals surface area contributed by atoms with Crippen molar-refractivity contribution >= 4 is 11.0 Å². The fourth-order valence-corrected chi connectivity index (χ4v) is 3.22. The lowest BCUT2D eigenvalue weighted by Gasteiger charge is -2.17. The predicted molar refractivity (Wildman–Crippen MR) is 108 cm³/mol. The summed E-state index contributed by atoms with van der Waals surface area (Å²) in [4.78, 5) is 13.2. The Labute approximate surface area is 162 Å². The lowest BCUT2D eigenvalue weighted by molar-refractivity contribution is 0.0389. The smallest absolute Gasteiger partial charge is 0.200 e. The van der Waals surface area contributed by atoms with Crippen LogP contribution in [0.3, 0.4) is 0 Å². The molecule has 0 aliphatic heterocycles. The first-order valence-electron chi connectivity index (χ1n) is 9.10. The zero-order valence-corrected chi connectivity index (χ0v) is 15.4. The first-order valence-corrected chi connectivity index (χ1v) is 9.10. The molecule has 0 N–H and O–H groups in total. The molecule has 0 aliphatic carbocycles. The quantitative estimate of drug-likeness (QED) is 0.438. The van der Waals surface area contributed by atoms with Gasteiger partial charge in [-0.05, 0) is 36.2 Å². The third kappa shape index (κ3) is 3.59. The standard InChI is InChI=1S/C24H19FO3/c1-16(27-15-17-8-4-2-5-9-17)24-22(18-10-6-3-7-11-18)23(26)20-14-19(25)12-13-21(20)28-24/h2-14,16H,15H2,1H3/t16-/m1/s1. The minimum atomic E-state index is -0.472. The normalized spacial score (nSPS) is 12.2. The largest absolute Gasteiger partial charge is 0.457 e. The average Bonchev–Trinajstić information content (AvgIpc) is 2.73. The fourth-order valence-electron chi connectivity index (χ4n) is 3.22. The molecule has 0 aliphatic rings. The van der Waals surface area contributed by atoms with E-state index in [1.807, 2.05) is 67.6 Å². The van der Waals surface area contributed by atoms with E-state index < -0.39 is 11.9 Å². The second-order valence-corrected chi connectivity index (χ2v) is 6.62. The average molecular weight is 374 g/mol. The van der Waals surface area contributed by atoms with Gasteiger partial charge in [0.05, 0.1) is 17.6 Å². The summed E-state index contributed by atoms with van der Waals surface area (Å²) in [6, 6.07) is 23.0. The van der Waals surface area contributed by atoms with Crippen LogP contribution in [0.1, 0.15) is 24.4 Å². The van der Waals surface area contributed by atoms with Crippen LogP contribution in [0.2, 0.25) is 0 Å². The predicted octanol–water partition coefficient (Wildman–Crippen LogP) is 5.88. The molecule has 1 heterocycles. The summed E-state index contributed by atoms with van der Waals surface area (Å²) < 4.78 is 25.8. The van der Waals surface area contributed by atoms with E-state index in [1.54, 1.807) is 0 Å². The highest BCUT2D eigenvalue weighted by atomic mass is 19.1. The molecular weight excluding hydrogens is 355 g/mol. The van der Waals surface area contributed by atoms with Gasteiger partial charge in [-0.15, -0.1) is 0 Å². The Kier molecular flexibility index (Phi) is 5.04. The monoisotopic (exact) mass is 374 g/mol. The summed E-state index contributed by atoms with van der Waals surface area (Å²) >= 11 is 0. The summed E-state index contributed by atoms with van der Waals surface area (Å²) in [7, 11) is 0. The molecule has 4 rings (SSSR count). The van der Waals surface area contributed by atoms with Gasteiger partial charge in [0, 0.05) is 0 Å². The Hall–Kier alpha value is -3.24. The van der Waals surface area contributed by atoms with E-state index in [2.05, 4.69) is 0 Å². The van der Waals surface area contributed by atoms with Gasteiger partial charge in [-0.1, -0.05) is 60.7 Å². The molecule has 4 aromatic rings. The summed E-state index contributed by atoms with van der Waals surface area (Å²) in [5.74, 6) is -0.0359. The molecule has 3 aromatic carbocycles. The van der Waals surface area contributed by atoms with Crippen molar-refractivity contribution in [2.24, 2.45) is 0 Å². The van der Waals surface area contributed by atoms with Gasteiger partial charge >= 0.3 is 0 Å². The molecule has 0 spiro atoms. The van der Waals surface area contributed by atoms with E-state index in [4.69, 9.17) is 9.15 Å². The van der Waals surface area contributed by atoms with Crippen molar-refractivity contribution in [3.8, 4) is 11.1 Å². The molecule has 1 aromatic heterocycles. The first-order chi connectivity index (χ1) is 13.6. The SMILES string of the molecule is C[C@@H](OCc1ccccc1)c1oc2ccc(F)cc2c(=O)c1-c1ccccc1. The molecule has 0 radical (unpaired) electrons. The van der Waals surface area contributed by atoms with Crippen LogP contribution in [0.5, 0.6) is 0 Å². The number of hydrogen-bond donors (Lipinski definition) is 0. The van der Waals surface area contributed by atoms with Gasteiger partial charge in [-0.25, -0.2) is 4.39 Å². The minimum Gasteiger partial charge on any atom is -0.457 e. The van der Waals surface area contributed by atoms with Gasteiger partial charge in [0.1, 0.15) is 23.3 Å². The highest BCUT2D eigenvalue weighted by Crippen LogP contribution is 2.31. The van der Waals surface area contributed by atoms with Crippen LogP contribution in [0.15, 0.2) is 88.1 Å². The molecule has 140 valence electrons. The van der Waals surface area contributed by atoms with Crippen molar-refractivity contribution in [3.05, 3.63) is 106 Å². The number of hydrogen-bond acceptors (Lipinski definition) is 3. The highest BCUT2D eigenvalue weighted by molar-refractivity contribution is 5.83. The molecule has 0 saturated carbocycles. The van der Waals surface area contributed by atoms with Crippen LogP contribution in [-0.2, 0) is 11.3 Å². The van der Waals surface area contributed by atoms with Crippen molar-refractivity contribution in [2.75, 3.05) is 0 Å². The number of benzene rings is 3.